The molecule has 4 aromatic rings. The number of alkyl halides is 6. The van der Waals surface area contributed by atoms with Gasteiger partial charge in [0.2, 0.25) is 5.60 Å². The molecule has 0 spiro atoms. The Morgan fingerprint density at radius 1 is 1.16 bits per heavy atom. The van der Waals surface area contributed by atoms with E-state index in [0.29, 0.717) is 0 Å². The number of ether oxygens (including phenoxy) is 2. The molecule has 2 aromatic heterocycles. The monoisotopic (exact) mass is 623 g/mol. The lowest BCUT2D eigenvalue weighted by atomic mass is 9.83. The number of nitrogens with zero attached hydrogens (tertiary/aromatic N) is 2. The van der Waals surface area contributed by atoms with Gasteiger partial charge >= 0.3 is 6.18 Å². The van der Waals surface area contributed by atoms with E-state index in [4.69, 9.17) is 9.47 Å². The molecule has 0 radical (unpaired) electrons. The first-order chi connectivity index (χ1) is 20.7. The molecule has 7 nitrogen and oxygen atoms in total. The SMILES string of the molecule is COc1cc(C(=O)NC[C@](O)(c2cc3c(c(-c4ccc(F)cc4)n2)OC[C@]3(C)CF)C(F)(F)F)cc2cc(C(F)F)cnc12. The molecule has 1 amide bonds. The summed E-state index contributed by atoms with van der Waals surface area (Å²) in [6.07, 6.45) is -7.35. The topological polar surface area (TPSA) is 93.6 Å². The second kappa shape index (κ2) is 11.2. The number of amides is 1. The number of hydrogen-bond donors (Lipinski definition) is 2. The van der Waals surface area contributed by atoms with E-state index in [1.54, 1.807) is 0 Å². The number of pyridine rings is 2. The summed E-state index contributed by atoms with van der Waals surface area (Å²) in [5.41, 5.74) is -6.77. The Hall–Kier alpha value is -4.46. The van der Waals surface area contributed by atoms with Crippen LogP contribution in [0.25, 0.3) is 22.2 Å². The summed E-state index contributed by atoms with van der Waals surface area (Å²) in [6, 6.07) is 8.82. The standard InChI is InChI=1S/C30H24F7N3O4/c1-28(12-31)14-44-25-20(28)10-22(40-24(25)15-3-5-19(32)6-4-15)29(42,30(35,36)37)13-39-27(41)17-7-16-8-18(26(33)34)11-38-23(16)21(9-17)43-2/h3-11,26,42H,12-14H2,1-2H3,(H,39,41)/t28-,29-/m0/s1. The summed E-state index contributed by atoms with van der Waals surface area (Å²) >= 11 is 0. The first-order valence-electron chi connectivity index (χ1n) is 13.0. The molecule has 0 aliphatic carbocycles. The molecule has 0 saturated carbocycles. The molecule has 0 saturated heterocycles. The number of rotatable bonds is 8. The molecule has 3 heterocycles. The lowest BCUT2D eigenvalue weighted by molar-refractivity contribution is -0.265. The van der Waals surface area contributed by atoms with E-state index < -0.39 is 59.8 Å². The van der Waals surface area contributed by atoms with Gasteiger partial charge in [-0.25, -0.2) is 22.5 Å². The lowest BCUT2D eigenvalue weighted by Gasteiger charge is -2.31. The summed E-state index contributed by atoms with van der Waals surface area (Å²) in [5.74, 6) is -1.76. The van der Waals surface area contributed by atoms with Crippen molar-refractivity contribution in [3.05, 3.63) is 82.9 Å². The minimum absolute atomic E-state index is 0.0000682. The average molecular weight is 624 g/mol. The van der Waals surface area contributed by atoms with Gasteiger partial charge in [-0.15, -0.1) is 0 Å². The number of fused-ring (bicyclic) bond motifs is 2. The first-order valence-corrected chi connectivity index (χ1v) is 13.0. The van der Waals surface area contributed by atoms with E-state index in [1.165, 1.54) is 26.2 Å². The van der Waals surface area contributed by atoms with Crippen LogP contribution in [0.3, 0.4) is 0 Å². The Morgan fingerprint density at radius 3 is 2.48 bits per heavy atom. The van der Waals surface area contributed by atoms with Crippen LogP contribution in [-0.4, -0.2) is 54.1 Å². The summed E-state index contributed by atoms with van der Waals surface area (Å²) in [6.45, 7) is -1.26. The van der Waals surface area contributed by atoms with Crippen molar-refractivity contribution in [2.45, 2.75) is 30.5 Å². The van der Waals surface area contributed by atoms with Gasteiger partial charge < -0.3 is 19.9 Å². The lowest BCUT2D eigenvalue weighted by Crippen LogP contribution is -2.51. The quantitative estimate of drug-likeness (QED) is 0.228. The molecule has 1 aliphatic rings. The van der Waals surface area contributed by atoms with E-state index in [0.717, 1.165) is 42.6 Å². The molecule has 2 atom stereocenters. The highest BCUT2D eigenvalue weighted by atomic mass is 19.4. The van der Waals surface area contributed by atoms with Crippen LogP contribution >= 0.6 is 0 Å². The Kier molecular flexibility index (Phi) is 7.91. The number of benzene rings is 2. The van der Waals surface area contributed by atoms with Crippen molar-refractivity contribution in [1.82, 2.24) is 15.3 Å². The molecule has 14 heteroatoms. The van der Waals surface area contributed by atoms with E-state index in [2.05, 4.69) is 9.97 Å². The fourth-order valence-corrected chi connectivity index (χ4v) is 4.85. The molecule has 2 aromatic carbocycles. The maximum absolute atomic E-state index is 14.6. The van der Waals surface area contributed by atoms with Gasteiger partial charge in [-0.1, -0.05) is 0 Å². The van der Waals surface area contributed by atoms with Gasteiger partial charge in [-0.05, 0) is 55.5 Å². The van der Waals surface area contributed by atoms with Crippen molar-refractivity contribution < 1.29 is 50.1 Å². The van der Waals surface area contributed by atoms with Crippen molar-refractivity contribution in [2.75, 3.05) is 26.9 Å². The predicted molar refractivity (Wildman–Crippen MR) is 144 cm³/mol. The highest BCUT2D eigenvalue weighted by Crippen LogP contribution is 2.48. The summed E-state index contributed by atoms with van der Waals surface area (Å²) in [4.78, 5) is 21.1. The van der Waals surface area contributed by atoms with Gasteiger partial charge in [0.05, 0.1) is 24.8 Å². The molecule has 0 unspecified atom stereocenters. The van der Waals surface area contributed by atoms with Crippen LogP contribution in [0.5, 0.6) is 11.5 Å². The second-order valence-electron chi connectivity index (χ2n) is 10.6. The fraction of sp³-hybridized carbons (Fsp3) is 0.300. The van der Waals surface area contributed by atoms with Crippen molar-refractivity contribution in [3.8, 4) is 22.8 Å². The Morgan fingerprint density at radius 2 is 1.86 bits per heavy atom. The number of carbonyl (C=O) groups is 1. The third-order valence-corrected chi connectivity index (χ3v) is 7.47. The molecule has 44 heavy (non-hydrogen) atoms. The second-order valence-corrected chi connectivity index (χ2v) is 10.6. The highest BCUT2D eigenvalue weighted by molar-refractivity contribution is 6.00. The molecular weight excluding hydrogens is 599 g/mol. The predicted octanol–water partition coefficient (Wildman–Crippen LogP) is 6.18. The Labute approximate surface area is 245 Å². The van der Waals surface area contributed by atoms with Gasteiger partial charge in [0.25, 0.3) is 12.3 Å². The smallest absolute Gasteiger partial charge is 0.424 e. The third kappa shape index (κ3) is 5.38. The first kappa shape index (κ1) is 31.0. The largest absolute Gasteiger partial charge is 0.494 e. The van der Waals surface area contributed by atoms with Gasteiger partial charge in [0.1, 0.15) is 41.8 Å². The van der Waals surface area contributed by atoms with E-state index in [9.17, 15) is 40.6 Å². The number of nitrogens with one attached hydrogen (secondary N) is 1. The number of hydrogen-bond acceptors (Lipinski definition) is 6. The summed E-state index contributed by atoms with van der Waals surface area (Å²) in [5, 5.41) is 13.3. The number of carbonyl (C=O) groups excluding carboxylic acids is 1. The van der Waals surface area contributed by atoms with Gasteiger partial charge in [-0.3, -0.25) is 9.78 Å². The number of aromatic nitrogens is 2. The van der Waals surface area contributed by atoms with Crippen molar-refractivity contribution in [2.24, 2.45) is 0 Å². The van der Waals surface area contributed by atoms with Crippen molar-refractivity contribution in [3.63, 3.8) is 0 Å². The van der Waals surface area contributed by atoms with Gasteiger partial charge in [0.15, 0.2) is 0 Å². The summed E-state index contributed by atoms with van der Waals surface area (Å²) in [7, 11) is 1.23. The van der Waals surface area contributed by atoms with Crippen LogP contribution in [0.15, 0.2) is 54.7 Å². The highest BCUT2D eigenvalue weighted by Gasteiger charge is 2.57. The molecule has 1 aliphatic heterocycles. The number of methoxy groups -OCH3 is 1. The molecule has 232 valence electrons. The fourth-order valence-electron chi connectivity index (χ4n) is 4.85. The van der Waals surface area contributed by atoms with E-state index >= 15 is 0 Å². The molecular formula is C30H24F7N3O4. The third-order valence-electron chi connectivity index (χ3n) is 7.47. The summed E-state index contributed by atoms with van der Waals surface area (Å²) < 4.78 is 109. The number of aliphatic hydroxyl groups is 1. The molecule has 0 fully saturated rings. The molecule has 5 rings (SSSR count). The van der Waals surface area contributed by atoms with Gasteiger partial charge in [0, 0.05) is 33.8 Å². The minimum atomic E-state index is -5.41. The zero-order chi connectivity index (χ0) is 32.0. The molecule has 0 bridgehead atoms. The average Bonchev–Trinajstić information content (AvgIpc) is 3.34. The van der Waals surface area contributed by atoms with Crippen LogP contribution in [0.1, 0.15) is 40.5 Å². The maximum Gasteiger partial charge on any atom is 0.424 e. The van der Waals surface area contributed by atoms with Crippen LogP contribution < -0.4 is 14.8 Å². The van der Waals surface area contributed by atoms with Crippen LogP contribution in [-0.2, 0) is 11.0 Å². The van der Waals surface area contributed by atoms with Crippen LogP contribution in [0.2, 0.25) is 0 Å². The van der Waals surface area contributed by atoms with Crippen LogP contribution in [0, 0.1) is 5.82 Å². The van der Waals surface area contributed by atoms with Crippen LogP contribution in [0.4, 0.5) is 30.7 Å². The number of halogens is 7. The zero-order valence-electron chi connectivity index (χ0n) is 23.1. The van der Waals surface area contributed by atoms with Crippen molar-refractivity contribution in [1.29, 1.82) is 0 Å². The maximum atomic E-state index is 14.6. The molecule has 2 N–H and O–H groups in total. The normalized spacial score (nSPS) is 17.7. The Balaban J connectivity index is 1.56. The zero-order valence-corrected chi connectivity index (χ0v) is 23.1. The van der Waals surface area contributed by atoms with Crippen molar-refractivity contribution >= 4 is 16.8 Å². The van der Waals surface area contributed by atoms with E-state index in [1.807, 2.05) is 5.32 Å². The van der Waals surface area contributed by atoms with Gasteiger partial charge in [-0.2, -0.15) is 13.2 Å². The van der Waals surface area contributed by atoms with E-state index in [-0.39, 0.29) is 51.4 Å². The Bertz CT molecular complexity index is 1730. The minimum Gasteiger partial charge on any atom is -0.494 e.